The molecular weight excluding hydrogens is 390 g/mol. The number of hydrogen-bond acceptors (Lipinski definition) is 7. The molecule has 0 spiro atoms. The van der Waals surface area contributed by atoms with Crippen LogP contribution in [0.4, 0.5) is 11.4 Å². The number of rotatable bonds is 5. The van der Waals surface area contributed by atoms with E-state index in [0.29, 0.717) is 5.69 Å². The van der Waals surface area contributed by atoms with E-state index in [9.17, 15) is 14.8 Å². The van der Waals surface area contributed by atoms with Crippen molar-refractivity contribution in [1.29, 1.82) is 0 Å². The Bertz CT molecular complexity index is 1220. The molecule has 4 aromatic rings. The number of anilines is 1. The second-order valence-electron chi connectivity index (χ2n) is 6.18. The molecule has 1 amide bonds. The lowest BCUT2D eigenvalue weighted by atomic mass is 10.1. The molecule has 29 heavy (non-hydrogen) atoms. The number of fused-ring (bicyclic) bond motifs is 1. The summed E-state index contributed by atoms with van der Waals surface area (Å²) in [6.45, 7) is 0. The third kappa shape index (κ3) is 3.78. The number of amides is 1. The van der Waals surface area contributed by atoms with Crippen LogP contribution >= 0.6 is 11.3 Å². The van der Waals surface area contributed by atoms with Crippen LogP contribution < -0.4 is 10.1 Å². The van der Waals surface area contributed by atoms with Gasteiger partial charge in [0.1, 0.15) is 22.2 Å². The monoisotopic (exact) mass is 405 g/mol. The van der Waals surface area contributed by atoms with E-state index in [0.717, 1.165) is 26.5 Å². The summed E-state index contributed by atoms with van der Waals surface area (Å²) in [5.74, 6) is 0.108. The number of phenols is 1. The van der Waals surface area contributed by atoms with Gasteiger partial charge >= 0.3 is 0 Å². The number of nitroso groups, excluding NO2 is 1. The fourth-order valence-electron chi connectivity index (χ4n) is 2.79. The average Bonchev–Trinajstić information content (AvgIpc) is 3.17. The third-order valence-corrected chi connectivity index (χ3v) is 5.39. The molecule has 0 unspecified atom stereocenters. The van der Waals surface area contributed by atoms with E-state index in [2.05, 4.69) is 15.5 Å². The van der Waals surface area contributed by atoms with Crippen LogP contribution in [-0.2, 0) is 0 Å². The molecule has 0 aliphatic carbocycles. The summed E-state index contributed by atoms with van der Waals surface area (Å²) in [6, 6.07) is 17.0. The minimum atomic E-state index is -0.408. The average molecular weight is 405 g/mol. The van der Waals surface area contributed by atoms with Crippen molar-refractivity contribution in [3.8, 4) is 22.1 Å². The number of hydrogen-bond donors (Lipinski definition) is 2. The first-order valence-electron chi connectivity index (χ1n) is 8.60. The van der Waals surface area contributed by atoms with Crippen LogP contribution in [0.1, 0.15) is 10.4 Å². The topological polar surface area (TPSA) is 101 Å². The first-order chi connectivity index (χ1) is 14.1. The predicted octanol–water partition coefficient (Wildman–Crippen LogP) is 5.33. The molecule has 0 bridgehead atoms. The van der Waals surface area contributed by atoms with E-state index >= 15 is 0 Å². The second-order valence-corrected chi connectivity index (χ2v) is 7.21. The number of thiazole rings is 1. The van der Waals surface area contributed by atoms with Crippen molar-refractivity contribution < 1.29 is 14.6 Å². The first kappa shape index (κ1) is 18.6. The zero-order valence-electron chi connectivity index (χ0n) is 15.2. The van der Waals surface area contributed by atoms with Crippen molar-refractivity contribution in [3.63, 3.8) is 0 Å². The Morgan fingerprint density at radius 1 is 1.10 bits per heavy atom. The van der Waals surface area contributed by atoms with Gasteiger partial charge in [0, 0.05) is 16.8 Å². The van der Waals surface area contributed by atoms with Crippen molar-refractivity contribution in [2.45, 2.75) is 0 Å². The van der Waals surface area contributed by atoms with Gasteiger partial charge in [-0.25, -0.2) is 4.98 Å². The number of ether oxygens (including phenoxy) is 1. The number of nitrogens with zero attached hydrogens (tertiary/aromatic N) is 2. The lowest BCUT2D eigenvalue weighted by molar-refractivity contribution is 0.102. The van der Waals surface area contributed by atoms with Gasteiger partial charge in [0.05, 0.1) is 17.3 Å². The smallest absolute Gasteiger partial charge is 0.255 e. The maximum atomic E-state index is 12.4. The van der Waals surface area contributed by atoms with Crippen molar-refractivity contribution >= 4 is 38.8 Å². The van der Waals surface area contributed by atoms with Gasteiger partial charge in [0.25, 0.3) is 5.91 Å². The summed E-state index contributed by atoms with van der Waals surface area (Å²) in [7, 11) is 1.63. The molecule has 1 heterocycles. The Labute approximate surface area is 169 Å². The summed E-state index contributed by atoms with van der Waals surface area (Å²) in [5.41, 5.74) is 2.47. The van der Waals surface area contributed by atoms with Gasteiger partial charge in [-0.1, -0.05) is 0 Å². The fourth-order valence-corrected chi connectivity index (χ4v) is 3.79. The standard InChI is InChI=1S/C21H15N3O4S/c1-28-15-7-8-16-19(11-15)29-21(23-16)12-2-5-14(6-3-12)22-20(26)13-4-9-18(25)17(10-13)24-27/h2-11,25H,1H3,(H,22,26). The second kappa shape index (κ2) is 7.69. The molecule has 0 aliphatic heterocycles. The van der Waals surface area contributed by atoms with E-state index in [4.69, 9.17) is 4.74 Å². The van der Waals surface area contributed by atoms with E-state index in [1.807, 2.05) is 30.3 Å². The van der Waals surface area contributed by atoms with Gasteiger partial charge in [-0.2, -0.15) is 0 Å². The van der Waals surface area contributed by atoms with Gasteiger partial charge in [-0.15, -0.1) is 16.2 Å². The van der Waals surface area contributed by atoms with E-state index in [-0.39, 0.29) is 17.0 Å². The van der Waals surface area contributed by atoms with E-state index in [1.54, 1.807) is 30.6 Å². The molecule has 1 aromatic heterocycles. The molecular formula is C21H15N3O4S. The van der Waals surface area contributed by atoms with Gasteiger partial charge in [0.2, 0.25) is 0 Å². The highest BCUT2D eigenvalue weighted by Crippen LogP contribution is 2.33. The molecule has 0 fully saturated rings. The Balaban J connectivity index is 1.53. The van der Waals surface area contributed by atoms with Crippen molar-refractivity contribution in [2.75, 3.05) is 12.4 Å². The van der Waals surface area contributed by atoms with Crippen LogP contribution in [0.3, 0.4) is 0 Å². The van der Waals surface area contributed by atoms with Crippen molar-refractivity contribution in [3.05, 3.63) is 71.1 Å². The summed E-state index contributed by atoms with van der Waals surface area (Å²) >= 11 is 1.56. The molecule has 0 radical (unpaired) electrons. The Hall–Kier alpha value is -3.78. The molecule has 0 saturated heterocycles. The molecule has 0 aliphatic rings. The number of nitrogens with one attached hydrogen (secondary N) is 1. The lowest BCUT2D eigenvalue weighted by Crippen LogP contribution is -2.11. The van der Waals surface area contributed by atoms with Gasteiger partial charge in [-0.05, 0) is 65.8 Å². The minimum absolute atomic E-state index is 0.180. The molecule has 0 saturated carbocycles. The van der Waals surface area contributed by atoms with Crippen LogP contribution in [-0.4, -0.2) is 23.1 Å². The van der Waals surface area contributed by atoms with Gasteiger partial charge in [-0.3, -0.25) is 4.79 Å². The summed E-state index contributed by atoms with van der Waals surface area (Å²) in [6.07, 6.45) is 0. The number of carbonyl (C=O) groups excluding carboxylic acids is 1. The van der Waals surface area contributed by atoms with Gasteiger partial charge < -0.3 is 15.2 Å². The largest absolute Gasteiger partial charge is 0.506 e. The van der Waals surface area contributed by atoms with Crippen LogP contribution in [0.5, 0.6) is 11.5 Å². The zero-order valence-corrected chi connectivity index (χ0v) is 16.1. The highest BCUT2D eigenvalue weighted by atomic mass is 32.1. The van der Waals surface area contributed by atoms with Crippen molar-refractivity contribution in [1.82, 2.24) is 4.98 Å². The number of aromatic nitrogens is 1. The van der Waals surface area contributed by atoms with Crippen LogP contribution in [0.2, 0.25) is 0 Å². The van der Waals surface area contributed by atoms with E-state index < -0.39 is 5.91 Å². The van der Waals surface area contributed by atoms with E-state index in [1.165, 1.54) is 18.2 Å². The molecule has 4 rings (SSSR count). The Morgan fingerprint density at radius 2 is 1.90 bits per heavy atom. The number of methoxy groups -OCH3 is 1. The summed E-state index contributed by atoms with van der Waals surface area (Å²) in [5, 5.41) is 15.8. The molecule has 0 atom stereocenters. The number of aromatic hydroxyl groups is 1. The normalized spacial score (nSPS) is 10.7. The van der Waals surface area contributed by atoms with Crippen LogP contribution in [0.15, 0.2) is 65.8 Å². The Kier molecular flexibility index (Phi) is 4.92. The molecule has 144 valence electrons. The fraction of sp³-hybridized carbons (Fsp3) is 0.0476. The zero-order chi connectivity index (χ0) is 20.4. The molecule has 7 nitrogen and oxygen atoms in total. The van der Waals surface area contributed by atoms with Gasteiger partial charge in [0.15, 0.2) is 0 Å². The molecule has 3 aromatic carbocycles. The first-order valence-corrected chi connectivity index (χ1v) is 9.42. The highest BCUT2D eigenvalue weighted by Gasteiger charge is 2.11. The SMILES string of the molecule is COc1ccc2nc(-c3ccc(NC(=O)c4ccc(O)c(N=O)c4)cc3)sc2c1. The minimum Gasteiger partial charge on any atom is -0.506 e. The highest BCUT2D eigenvalue weighted by molar-refractivity contribution is 7.21. The van der Waals surface area contributed by atoms with Crippen LogP contribution in [0.25, 0.3) is 20.8 Å². The number of benzene rings is 3. The summed E-state index contributed by atoms with van der Waals surface area (Å²) in [4.78, 5) is 27.7. The van der Waals surface area contributed by atoms with Crippen molar-refractivity contribution in [2.24, 2.45) is 5.18 Å². The Morgan fingerprint density at radius 3 is 2.62 bits per heavy atom. The van der Waals surface area contributed by atoms with Crippen LogP contribution in [0, 0.1) is 4.91 Å². The maximum Gasteiger partial charge on any atom is 0.255 e. The lowest BCUT2D eigenvalue weighted by Gasteiger charge is -2.06. The predicted molar refractivity (Wildman–Crippen MR) is 113 cm³/mol. The third-order valence-electron chi connectivity index (χ3n) is 4.32. The number of phenolic OH excluding ortho intramolecular Hbond substituents is 1. The molecule has 8 heteroatoms. The quantitative estimate of drug-likeness (QED) is 0.437. The number of carbonyl (C=O) groups is 1. The molecule has 2 N–H and O–H groups in total. The maximum absolute atomic E-state index is 12.4. The summed E-state index contributed by atoms with van der Waals surface area (Å²) < 4.78 is 6.28.